The van der Waals surface area contributed by atoms with Gasteiger partial charge in [-0.3, -0.25) is 19.4 Å². The number of benzene rings is 1. The Hall–Kier alpha value is -3.68. The van der Waals surface area contributed by atoms with E-state index in [1.165, 1.54) is 0 Å². The van der Waals surface area contributed by atoms with Crippen LogP contribution in [-0.2, 0) is 32.3 Å². The SMILES string of the molecule is CCCN(Cc1ccc2occc2c1)C(=O)[C@H](CC(=O)OCc1ccccn1)NC(=O)CC(C)(C)C. The molecule has 3 rings (SSSR count). The van der Waals surface area contributed by atoms with E-state index in [4.69, 9.17) is 9.15 Å². The number of carbonyl (C=O) groups is 3. The van der Waals surface area contributed by atoms with E-state index >= 15 is 0 Å². The zero-order valence-electron chi connectivity index (χ0n) is 21.5. The summed E-state index contributed by atoms with van der Waals surface area (Å²) in [6, 6.07) is 11.9. The number of ether oxygens (including phenoxy) is 1. The van der Waals surface area contributed by atoms with Crippen LogP contribution in [0, 0.1) is 5.41 Å². The maximum absolute atomic E-state index is 13.6. The molecule has 2 heterocycles. The van der Waals surface area contributed by atoms with Crippen LogP contribution in [0.25, 0.3) is 11.0 Å². The third-order valence-electron chi connectivity index (χ3n) is 5.50. The van der Waals surface area contributed by atoms with Crippen molar-refractivity contribution in [3.05, 3.63) is 66.2 Å². The number of pyridine rings is 1. The molecule has 36 heavy (non-hydrogen) atoms. The molecule has 0 saturated heterocycles. The lowest BCUT2D eigenvalue weighted by Crippen LogP contribution is -2.50. The standard InChI is InChI=1S/C28H35N3O5/c1-5-13-31(18-20-9-10-24-21(15-20)11-14-35-24)27(34)23(30-25(32)17-28(2,3)4)16-26(33)36-19-22-8-6-7-12-29-22/h6-12,14-15,23H,5,13,16-19H2,1-4H3,(H,30,32)/t23-/m0/s1. The Morgan fingerprint density at radius 2 is 1.94 bits per heavy atom. The number of carbonyl (C=O) groups excluding carboxylic acids is 3. The normalized spacial score (nSPS) is 12.2. The number of hydrogen-bond acceptors (Lipinski definition) is 6. The van der Waals surface area contributed by atoms with E-state index < -0.39 is 12.0 Å². The lowest BCUT2D eigenvalue weighted by atomic mass is 9.92. The van der Waals surface area contributed by atoms with Gasteiger partial charge in [0.1, 0.15) is 18.2 Å². The number of amides is 2. The molecule has 1 atom stereocenters. The van der Waals surface area contributed by atoms with Gasteiger partial charge in [0.15, 0.2) is 0 Å². The van der Waals surface area contributed by atoms with Crippen molar-refractivity contribution >= 4 is 28.8 Å². The maximum Gasteiger partial charge on any atom is 0.308 e. The van der Waals surface area contributed by atoms with E-state index in [0.29, 0.717) is 18.8 Å². The molecule has 2 aromatic heterocycles. The first-order valence-electron chi connectivity index (χ1n) is 12.2. The smallest absolute Gasteiger partial charge is 0.308 e. The molecule has 1 N–H and O–H groups in total. The highest BCUT2D eigenvalue weighted by Crippen LogP contribution is 2.20. The Morgan fingerprint density at radius 3 is 2.64 bits per heavy atom. The Bertz CT molecular complexity index is 1170. The molecule has 0 radical (unpaired) electrons. The van der Waals surface area contributed by atoms with Crippen molar-refractivity contribution in [2.24, 2.45) is 5.41 Å². The number of rotatable bonds is 11. The second-order valence-corrected chi connectivity index (χ2v) is 10.1. The second kappa shape index (κ2) is 12.3. The molecule has 0 aliphatic rings. The minimum absolute atomic E-state index is 0.0000894. The summed E-state index contributed by atoms with van der Waals surface area (Å²) in [6.45, 7) is 8.65. The molecule has 2 amide bonds. The summed E-state index contributed by atoms with van der Waals surface area (Å²) in [5.41, 5.74) is 2.05. The van der Waals surface area contributed by atoms with Gasteiger partial charge in [-0.1, -0.05) is 39.8 Å². The van der Waals surface area contributed by atoms with E-state index in [1.54, 1.807) is 35.6 Å². The molecule has 0 aliphatic heterocycles. The van der Waals surface area contributed by atoms with Gasteiger partial charge >= 0.3 is 5.97 Å². The quantitative estimate of drug-likeness (QED) is 0.391. The van der Waals surface area contributed by atoms with Crippen molar-refractivity contribution in [3.8, 4) is 0 Å². The van der Waals surface area contributed by atoms with E-state index in [1.807, 2.05) is 52.0 Å². The number of nitrogens with zero attached hydrogens (tertiary/aromatic N) is 2. The Labute approximate surface area is 212 Å². The van der Waals surface area contributed by atoms with Crippen molar-refractivity contribution in [1.29, 1.82) is 0 Å². The van der Waals surface area contributed by atoms with Crippen molar-refractivity contribution in [3.63, 3.8) is 0 Å². The van der Waals surface area contributed by atoms with Gasteiger partial charge in [0.05, 0.1) is 18.4 Å². The number of esters is 1. The topological polar surface area (TPSA) is 102 Å². The van der Waals surface area contributed by atoms with Gasteiger partial charge in [-0.2, -0.15) is 0 Å². The van der Waals surface area contributed by atoms with E-state index in [-0.39, 0.29) is 36.7 Å². The third kappa shape index (κ3) is 8.22. The highest BCUT2D eigenvalue weighted by molar-refractivity contribution is 5.91. The minimum atomic E-state index is -1.03. The summed E-state index contributed by atoms with van der Waals surface area (Å²) in [5.74, 6) is -1.18. The van der Waals surface area contributed by atoms with Crippen LogP contribution < -0.4 is 5.32 Å². The summed E-state index contributed by atoms with van der Waals surface area (Å²) in [7, 11) is 0. The zero-order valence-corrected chi connectivity index (χ0v) is 21.5. The first-order valence-corrected chi connectivity index (χ1v) is 12.2. The average molecular weight is 494 g/mol. The molecule has 0 bridgehead atoms. The number of fused-ring (bicyclic) bond motifs is 1. The summed E-state index contributed by atoms with van der Waals surface area (Å²) in [4.78, 5) is 44.9. The summed E-state index contributed by atoms with van der Waals surface area (Å²) < 4.78 is 10.8. The first-order chi connectivity index (χ1) is 17.1. The lowest BCUT2D eigenvalue weighted by Gasteiger charge is -2.28. The van der Waals surface area contributed by atoms with Crippen LogP contribution in [0.1, 0.15) is 58.2 Å². The van der Waals surface area contributed by atoms with Crippen LogP contribution >= 0.6 is 0 Å². The van der Waals surface area contributed by atoms with Crippen LogP contribution in [-0.4, -0.2) is 40.3 Å². The van der Waals surface area contributed by atoms with Gasteiger partial charge < -0.3 is 19.4 Å². The van der Waals surface area contributed by atoms with Crippen molar-refractivity contribution in [2.45, 2.75) is 66.2 Å². The van der Waals surface area contributed by atoms with Crippen LogP contribution in [0.15, 0.2) is 59.3 Å². The molecule has 8 heteroatoms. The van der Waals surface area contributed by atoms with Crippen molar-refractivity contribution in [1.82, 2.24) is 15.2 Å². The molecular formula is C28H35N3O5. The summed E-state index contributed by atoms with van der Waals surface area (Å²) in [5, 5.41) is 3.74. The molecule has 0 unspecified atom stereocenters. The zero-order chi connectivity index (χ0) is 26.1. The molecule has 3 aromatic rings. The van der Waals surface area contributed by atoms with Gasteiger partial charge in [0.2, 0.25) is 11.8 Å². The number of nitrogens with one attached hydrogen (secondary N) is 1. The monoisotopic (exact) mass is 493 g/mol. The van der Waals surface area contributed by atoms with Crippen molar-refractivity contribution in [2.75, 3.05) is 6.54 Å². The molecule has 0 aliphatic carbocycles. The van der Waals surface area contributed by atoms with Crippen LogP contribution in [0.2, 0.25) is 0 Å². The summed E-state index contributed by atoms with van der Waals surface area (Å²) in [6.07, 6.45) is 3.94. The predicted octanol–water partition coefficient (Wildman–Crippen LogP) is 4.62. The molecule has 0 fully saturated rings. The van der Waals surface area contributed by atoms with Crippen LogP contribution in [0.4, 0.5) is 0 Å². The third-order valence-corrected chi connectivity index (χ3v) is 5.50. The highest BCUT2D eigenvalue weighted by atomic mass is 16.5. The van der Waals surface area contributed by atoms with Crippen molar-refractivity contribution < 1.29 is 23.5 Å². The van der Waals surface area contributed by atoms with Gasteiger partial charge in [-0.25, -0.2) is 0 Å². The van der Waals surface area contributed by atoms with Gasteiger partial charge in [0.25, 0.3) is 0 Å². The highest BCUT2D eigenvalue weighted by Gasteiger charge is 2.30. The fourth-order valence-electron chi connectivity index (χ4n) is 3.88. The largest absolute Gasteiger partial charge is 0.464 e. The average Bonchev–Trinajstić information content (AvgIpc) is 3.29. The predicted molar refractivity (Wildman–Crippen MR) is 137 cm³/mol. The number of aromatic nitrogens is 1. The first kappa shape index (κ1) is 26.9. The fraction of sp³-hybridized carbons (Fsp3) is 0.429. The Balaban J connectivity index is 1.74. The van der Waals surface area contributed by atoms with E-state index in [0.717, 1.165) is 23.0 Å². The molecule has 8 nitrogen and oxygen atoms in total. The number of furan rings is 1. The van der Waals surface area contributed by atoms with Gasteiger partial charge in [-0.15, -0.1) is 0 Å². The van der Waals surface area contributed by atoms with Crippen LogP contribution in [0.5, 0.6) is 0 Å². The van der Waals surface area contributed by atoms with Gasteiger partial charge in [-0.05, 0) is 47.7 Å². The lowest BCUT2D eigenvalue weighted by molar-refractivity contribution is -0.149. The molecule has 0 spiro atoms. The second-order valence-electron chi connectivity index (χ2n) is 10.1. The van der Waals surface area contributed by atoms with Gasteiger partial charge in [0, 0.05) is 31.1 Å². The fourth-order valence-corrected chi connectivity index (χ4v) is 3.88. The Kier molecular flexibility index (Phi) is 9.22. The maximum atomic E-state index is 13.6. The van der Waals surface area contributed by atoms with E-state index in [2.05, 4.69) is 10.3 Å². The summed E-state index contributed by atoms with van der Waals surface area (Å²) >= 11 is 0. The van der Waals surface area contributed by atoms with Crippen LogP contribution in [0.3, 0.4) is 0 Å². The molecule has 192 valence electrons. The Morgan fingerprint density at radius 1 is 1.14 bits per heavy atom. The molecule has 0 saturated carbocycles. The van der Waals surface area contributed by atoms with E-state index in [9.17, 15) is 14.4 Å². The minimum Gasteiger partial charge on any atom is -0.464 e. The number of hydrogen-bond donors (Lipinski definition) is 1. The molecule has 1 aromatic carbocycles. The molecular weight excluding hydrogens is 458 g/mol.